The van der Waals surface area contributed by atoms with Crippen LogP contribution in [0.15, 0.2) is 16.9 Å². The summed E-state index contributed by atoms with van der Waals surface area (Å²) in [6.45, 7) is 2.13. The zero-order chi connectivity index (χ0) is 13.8. The van der Waals surface area contributed by atoms with Crippen LogP contribution in [-0.2, 0) is 6.42 Å². The van der Waals surface area contributed by atoms with Crippen molar-refractivity contribution < 1.29 is 9.26 Å². The molecule has 1 saturated heterocycles. The summed E-state index contributed by atoms with van der Waals surface area (Å²) in [5, 5.41) is 7.33. The van der Waals surface area contributed by atoms with Gasteiger partial charge in [0.25, 0.3) is 0 Å². The van der Waals surface area contributed by atoms with E-state index in [-0.39, 0.29) is 0 Å². The van der Waals surface area contributed by atoms with E-state index < -0.39 is 0 Å². The van der Waals surface area contributed by atoms with Crippen LogP contribution in [0.25, 0.3) is 11.5 Å². The topological polar surface area (TPSA) is 86.0 Å². The van der Waals surface area contributed by atoms with E-state index in [4.69, 9.17) is 9.26 Å². The Morgan fingerprint density at radius 1 is 1.35 bits per heavy atom. The van der Waals surface area contributed by atoms with Gasteiger partial charge in [-0.3, -0.25) is 0 Å². The highest BCUT2D eigenvalue weighted by atomic mass is 16.5. The van der Waals surface area contributed by atoms with Crippen LogP contribution < -0.4 is 10.1 Å². The minimum Gasteiger partial charge on any atom is -0.481 e. The lowest BCUT2D eigenvalue weighted by molar-refractivity contribution is 0.313. The van der Waals surface area contributed by atoms with Crippen LogP contribution in [0, 0.1) is 5.92 Å². The number of nitrogens with zero attached hydrogens (tertiary/aromatic N) is 4. The third-order valence-corrected chi connectivity index (χ3v) is 3.47. The lowest BCUT2D eigenvalue weighted by Gasteiger charge is -2.20. The summed E-state index contributed by atoms with van der Waals surface area (Å²) < 4.78 is 10.4. The van der Waals surface area contributed by atoms with Gasteiger partial charge < -0.3 is 14.6 Å². The van der Waals surface area contributed by atoms with Gasteiger partial charge in [0, 0.05) is 12.5 Å². The molecule has 0 saturated carbocycles. The van der Waals surface area contributed by atoms with Crippen molar-refractivity contribution in [3.8, 4) is 17.4 Å². The number of methoxy groups -OCH3 is 1. The van der Waals surface area contributed by atoms with E-state index in [1.54, 1.807) is 13.2 Å². The van der Waals surface area contributed by atoms with Crippen LogP contribution >= 0.6 is 0 Å². The number of aromatic nitrogens is 4. The number of ether oxygens (including phenoxy) is 1. The van der Waals surface area contributed by atoms with E-state index >= 15 is 0 Å². The molecule has 7 nitrogen and oxygen atoms in total. The minimum absolute atomic E-state index is 0.481. The van der Waals surface area contributed by atoms with Gasteiger partial charge in [-0.1, -0.05) is 5.16 Å². The molecular weight excluding hydrogens is 258 g/mol. The Kier molecular flexibility index (Phi) is 3.87. The van der Waals surface area contributed by atoms with Crippen LogP contribution in [0.3, 0.4) is 0 Å². The third kappa shape index (κ3) is 2.93. The first-order valence-electron chi connectivity index (χ1n) is 6.75. The Morgan fingerprint density at radius 2 is 2.20 bits per heavy atom. The monoisotopic (exact) mass is 275 g/mol. The van der Waals surface area contributed by atoms with Crippen LogP contribution in [0.5, 0.6) is 5.88 Å². The summed E-state index contributed by atoms with van der Waals surface area (Å²) in [6.07, 6.45) is 4.56. The number of hydrogen-bond acceptors (Lipinski definition) is 7. The molecule has 1 fully saturated rings. The van der Waals surface area contributed by atoms with Crippen molar-refractivity contribution in [1.29, 1.82) is 0 Å². The van der Waals surface area contributed by atoms with E-state index in [0.717, 1.165) is 32.4 Å². The SMILES string of the molecule is COc1cc(-c2noc(CC3CCNCC3)n2)ncn1. The van der Waals surface area contributed by atoms with Crippen LogP contribution in [0.2, 0.25) is 0 Å². The predicted octanol–water partition coefficient (Wildman–Crippen LogP) is 1.08. The maximum Gasteiger partial charge on any atom is 0.227 e. The zero-order valence-electron chi connectivity index (χ0n) is 11.4. The number of nitrogens with one attached hydrogen (secondary N) is 1. The van der Waals surface area contributed by atoms with Crippen molar-refractivity contribution >= 4 is 0 Å². The second-order valence-corrected chi connectivity index (χ2v) is 4.85. The van der Waals surface area contributed by atoms with Gasteiger partial charge in [-0.2, -0.15) is 4.98 Å². The molecule has 3 heterocycles. The van der Waals surface area contributed by atoms with E-state index in [1.807, 2.05) is 0 Å². The summed E-state index contributed by atoms with van der Waals surface area (Å²) in [5.74, 6) is 2.25. The maximum absolute atomic E-state index is 5.31. The smallest absolute Gasteiger partial charge is 0.227 e. The van der Waals surface area contributed by atoms with Crippen molar-refractivity contribution in [2.24, 2.45) is 5.92 Å². The first-order valence-corrected chi connectivity index (χ1v) is 6.75. The van der Waals surface area contributed by atoms with Crippen molar-refractivity contribution in [2.45, 2.75) is 19.3 Å². The number of hydrogen-bond donors (Lipinski definition) is 1. The molecule has 0 unspecified atom stereocenters. The van der Waals surface area contributed by atoms with Gasteiger partial charge in [-0.15, -0.1) is 0 Å². The minimum atomic E-state index is 0.481. The van der Waals surface area contributed by atoms with Gasteiger partial charge in [0.1, 0.15) is 12.0 Å². The molecule has 1 N–H and O–H groups in total. The van der Waals surface area contributed by atoms with Gasteiger partial charge in [0.05, 0.1) is 7.11 Å². The summed E-state index contributed by atoms with van der Waals surface area (Å²) in [6, 6.07) is 1.69. The summed E-state index contributed by atoms with van der Waals surface area (Å²) >= 11 is 0. The molecule has 3 rings (SSSR count). The highest BCUT2D eigenvalue weighted by molar-refractivity contribution is 5.49. The molecule has 20 heavy (non-hydrogen) atoms. The quantitative estimate of drug-likeness (QED) is 0.893. The Bertz CT molecular complexity index is 565. The molecule has 0 atom stereocenters. The van der Waals surface area contributed by atoms with Gasteiger partial charge in [-0.05, 0) is 31.8 Å². The predicted molar refractivity (Wildman–Crippen MR) is 71.2 cm³/mol. The molecule has 0 radical (unpaired) electrons. The molecule has 7 heteroatoms. The maximum atomic E-state index is 5.31. The van der Waals surface area contributed by atoms with Gasteiger partial charge in [-0.25, -0.2) is 9.97 Å². The first-order chi connectivity index (χ1) is 9.85. The Balaban J connectivity index is 1.72. The van der Waals surface area contributed by atoms with E-state index in [0.29, 0.717) is 29.2 Å². The van der Waals surface area contributed by atoms with Crippen molar-refractivity contribution in [3.63, 3.8) is 0 Å². The second-order valence-electron chi connectivity index (χ2n) is 4.85. The highest BCUT2D eigenvalue weighted by Gasteiger charge is 2.18. The highest BCUT2D eigenvalue weighted by Crippen LogP contribution is 2.20. The van der Waals surface area contributed by atoms with Gasteiger partial charge in [0.15, 0.2) is 0 Å². The molecule has 0 aromatic carbocycles. The van der Waals surface area contributed by atoms with E-state index in [2.05, 4.69) is 25.4 Å². The molecule has 2 aromatic heterocycles. The van der Waals surface area contributed by atoms with Crippen molar-refractivity contribution in [3.05, 3.63) is 18.3 Å². The number of rotatable bonds is 4. The summed E-state index contributed by atoms with van der Waals surface area (Å²) in [7, 11) is 1.56. The normalized spacial score (nSPS) is 16.2. The van der Waals surface area contributed by atoms with Crippen molar-refractivity contribution in [2.75, 3.05) is 20.2 Å². The Hall–Kier alpha value is -2.02. The lowest BCUT2D eigenvalue weighted by atomic mass is 9.95. The molecule has 0 aliphatic carbocycles. The average molecular weight is 275 g/mol. The lowest BCUT2D eigenvalue weighted by Crippen LogP contribution is -2.28. The van der Waals surface area contributed by atoms with Crippen LogP contribution in [-0.4, -0.2) is 40.3 Å². The van der Waals surface area contributed by atoms with E-state index in [1.165, 1.54) is 6.33 Å². The Labute approximate surface area is 116 Å². The molecule has 0 bridgehead atoms. The molecule has 0 amide bonds. The molecule has 1 aliphatic heterocycles. The van der Waals surface area contributed by atoms with Gasteiger partial charge in [0.2, 0.25) is 17.6 Å². The first kappa shape index (κ1) is 13.0. The summed E-state index contributed by atoms with van der Waals surface area (Å²) in [5.41, 5.74) is 0.608. The fourth-order valence-electron chi connectivity index (χ4n) is 2.35. The molecular formula is C13H17N5O2. The van der Waals surface area contributed by atoms with Crippen LogP contribution in [0.4, 0.5) is 0 Å². The fourth-order valence-corrected chi connectivity index (χ4v) is 2.35. The van der Waals surface area contributed by atoms with Gasteiger partial charge >= 0.3 is 0 Å². The zero-order valence-corrected chi connectivity index (χ0v) is 11.4. The van der Waals surface area contributed by atoms with Crippen molar-refractivity contribution in [1.82, 2.24) is 25.4 Å². The number of piperidine rings is 1. The standard InChI is InChI=1S/C13H17N5O2/c1-19-11-7-10(15-8-16-11)13-17-12(20-18-13)6-9-2-4-14-5-3-9/h7-9,14H,2-6H2,1H3. The van der Waals surface area contributed by atoms with Crippen LogP contribution in [0.1, 0.15) is 18.7 Å². The molecule has 1 aliphatic rings. The largest absolute Gasteiger partial charge is 0.481 e. The van der Waals surface area contributed by atoms with E-state index in [9.17, 15) is 0 Å². The molecule has 0 spiro atoms. The Morgan fingerprint density at radius 3 is 3.00 bits per heavy atom. The average Bonchev–Trinajstić information content (AvgIpc) is 2.97. The molecule has 106 valence electrons. The third-order valence-electron chi connectivity index (χ3n) is 3.47. The molecule has 2 aromatic rings. The fraction of sp³-hybridized carbons (Fsp3) is 0.538. The second kappa shape index (κ2) is 5.96. The summed E-state index contributed by atoms with van der Waals surface area (Å²) in [4.78, 5) is 12.5.